The lowest BCUT2D eigenvalue weighted by atomic mass is 10.1. The van der Waals surface area contributed by atoms with Gasteiger partial charge in [0, 0.05) is 27.1 Å². The second kappa shape index (κ2) is 7.43. The van der Waals surface area contributed by atoms with Gasteiger partial charge in [-0.2, -0.15) is 0 Å². The highest BCUT2D eigenvalue weighted by atomic mass is 16.2. The molecule has 1 aliphatic rings. The third kappa shape index (κ3) is 3.87. The van der Waals surface area contributed by atoms with Crippen LogP contribution in [-0.2, 0) is 22.4 Å². The van der Waals surface area contributed by atoms with E-state index in [-0.39, 0.29) is 17.9 Å². The maximum atomic E-state index is 12.4. The van der Waals surface area contributed by atoms with E-state index in [2.05, 4.69) is 31.2 Å². The number of amides is 2. The van der Waals surface area contributed by atoms with Crippen molar-refractivity contribution in [2.45, 2.75) is 45.1 Å². The van der Waals surface area contributed by atoms with E-state index in [4.69, 9.17) is 0 Å². The second-order valence-corrected chi connectivity index (χ2v) is 6.15. The van der Waals surface area contributed by atoms with Crippen LogP contribution in [0.3, 0.4) is 0 Å². The summed E-state index contributed by atoms with van der Waals surface area (Å²) in [6.45, 7) is 2.84. The van der Waals surface area contributed by atoms with Gasteiger partial charge in [0.15, 0.2) is 0 Å². The van der Waals surface area contributed by atoms with Gasteiger partial charge >= 0.3 is 0 Å². The molecule has 0 saturated carbocycles. The zero-order valence-electron chi connectivity index (χ0n) is 13.8. The van der Waals surface area contributed by atoms with Gasteiger partial charge in [-0.3, -0.25) is 9.59 Å². The first kappa shape index (κ1) is 16.5. The van der Waals surface area contributed by atoms with Crippen molar-refractivity contribution >= 4 is 11.8 Å². The Balaban J connectivity index is 1.92. The molecule has 0 aromatic heterocycles. The fourth-order valence-electron chi connectivity index (χ4n) is 2.96. The van der Waals surface area contributed by atoms with Gasteiger partial charge in [0.1, 0.15) is 6.04 Å². The molecular formula is C18H26N2O2. The summed E-state index contributed by atoms with van der Waals surface area (Å²) in [6, 6.07) is 8.17. The molecule has 4 heteroatoms. The molecule has 0 N–H and O–H groups in total. The van der Waals surface area contributed by atoms with Crippen molar-refractivity contribution in [3.8, 4) is 0 Å². The highest BCUT2D eigenvalue weighted by molar-refractivity contribution is 5.88. The number of likely N-dealkylation sites (N-methyl/N-ethyl adjacent to an activating group) is 1. The summed E-state index contributed by atoms with van der Waals surface area (Å²) in [7, 11) is 3.50. The molecule has 1 saturated heterocycles. The van der Waals surface area contributed by atoms with Crippen LogP contribution in [-0.4, -0.2) is 48.3 Å². The normalized spacial score (nSPS) is 17.6. The van der Waals surface area contributed by atoms with Crippen LogP contribution in [0.4, 0.5) is 0 Å². The number of aryl methyl sites for hydroxylation is 2. The smallest absolute Gasteiger partial charge is 0.244 e. The lowest BCUT2D eigenvalue weighted by Gasteiger charge is -2.26. The molecule has 1 heterocycles. The lowest BCUT2D eigenvalue weighted by Crippen LogP contribution is -2.45. The molecule has 1 atom stereocenters. The summed E-state index contributed by atoms with van der Waals surface area (Å²) < 4.78 is 0. The highest BCUT2D eigenvalue weighted by Gasteiger charge is 2.34. The SMILES string of the molecule is CCc1ccc(CCC(=O)N2CCCC2C(=O)N(C)C)cc1. The van der Waals surface area contributed by atoms with Gasteiger partial charge in [-0.05, 0) is 36.8 Å². The first-order chi connectivity index (χ1) is 10.5. The molecule has 1 fully saturated rings. The topological polar surface area (TPSA) is 40.6 Å². The molecule has 1 aliphatic heterocycles. The van der Waals surface area contributed by atoms with Crippen molar-refractivity contribution in [1.82, 2.24) is 9.80 Å². The van der Waals surface area contributed by atoms with Crippen LogP contribution >= 0.6 is 0 Å². The number of nitrogens with zero attached hydrogens (tertiary/aromatic N) is 2. The quantitative estimate of drug-likeness (QED) is 0.837. The molecule has 0 spiro atoms. The van der Waals surface area contributed by atoms with Crippen LogP contribution in [0.15, 0.2) is 24.3 Å². The van der Waals surface area contributed by atoms with E-state index in [0.717, 1.165) is 25.7 Å². The fourth-order valence-corrected chi connectivity index (χ4v) is 2.96. The van der Waals surface area contributed by atoms with E-state index < -0.39 is 0 Å². The fraction of sp³-hybridized carbons (Fsp3) is 0.556. The predicted octanol–water partition coefficient (Wildman–Crippen LogP) is 2.26. The number of benzene rings is 1. The van der Waals surface area contributed by atoms with E-state index in [0.29, 0.717) is 13.0 Å². The Hall–Kier alpha value is -1.84. The van der Waals surface area contributed by atoms with E-state index in [1.807, 2.05) is 0 Å². The van der Waals surface area contributed by atoms with E-state index in [1.54, 1.807) is 23.9 Å². The van der Waals surface area contributed by atoms with Gasteiger partial charge in [0.25, 0.3) is 0 Å². The van der Waals surface area contributed by atoms with Gasteiger partial charge in [0.2, 0.25) is 11.8 Å². The summed E-state index contributed by atoms with van der Waals surface area (Å²) in [6.07, 6.45) is 3.95. The van der Waals surface area contributed by atoms with Crippen molar-refractivity contribution in [3.05, 3.63) is 35.4 Å². The largest absolute Gasteiger partial charge is 0.347 e. The molecular weight excluding hydrogens is 276 g/mol. The minimum atomic E-state index is -0.259. The van der Waals surface area contributed by atoms with E-state index >= 15 is 0 Å². The summed E-state index contributed by atoms with van der Waals surface area (Å²) in [5.41, 5.74) is 2.49. The summed E-state index contributed by atoms with van der Waals surface area (Å²) in [5.74, 6) is 0.135. The number of hydrogen-bond acceptors (Lipinski definition) is 2. The Labute approximate surface area is 133 Å². The van der Waals surface area contributed by atoms with Gasteiger partial charge < -0.3 is 9.80 Å². The molecule has 1 aromatic rings. The Bertz CT molecular complexity index is 522. The minimum absolute atomic E-state index is 0.0400. The molecule has 2 rings (SSSR count). The third-order valence-corrected chi connectivity index (χ3v) is 4.36. The number of hydrogen-bond donors (Lipinski definition) is 0. The average molecular weight is 302 g/mol. The zero-order chi connectivity index (χ0) is 16.1. The van der Waals surface area contributed by atoms with Crippen LogP contribution in [0, 0.1) is 0 Å². The minimum Gasteiger partial charge on any atom is -0.347 e. The molecule has 2 amide bonds. The molecule has 0 aliphatic carbocycles. The Morgan fingerprint density at radius 2 is 1.82 bits per heavy atom. The van der Waals surface area contributed by atoms with Crippen LogP contribution in [0.1, 0.15) is 37.3 Å². The van der Waals surface area contributed by atoms with Gasteiger partial charge in [-0.15, -0.1) is 0 Å². The monoisotopic (exact) mass is 302 g/mol. The first-order valence-corrected chi connectivity index (χ1v) is 8.11. The number of likely N-dealkylation sites (tertiary alicyclic amines) is 1. The molecule has 1 aromatic carbocycles. The van der Waals surface area contributed by atoms with Crippen LogP contribution in [0.5, 0.6) is 0 Å². The Morgan fingerprint density at radius 3 is 2.41 bits per heavy atom. The molecule has 0 bridgehead atoms. The maximum Gasteiger partial charge on any atom is 0.244 e. The van der Waals surface area contributed by atoms with Crippen molar-refractivity contribution in [3.63, 3.8) is 0 Å². The van der Waals surface area contributed by atoms with Gasteiger partial charge in [0.05, 0.1) is 0 Å². The van der Waals surface area contributed by atoms with Gasteiger partial charge in [-0.1, -0.05) is 31.2 Å². The molecule has 0 radical (unpaired) electrons. The van der Waals surface area contributed by atoms with Crippen LogP contribution < -0.4 is 0 Å². The van der Waals surface area contributed by atoms with Crippen molar-refractivity contribution in [2.24, 2.45) is 0 Å². The highest BCUT2D eigenvalue weighted by Crippen LogP contribution is 2.20. The van der Waals surface area contributed by atoms with E-state index in [9.17, 15) is 9.59 Å². The molecule has 1 unspecified atom stereocenters. The van der Waals surface area contributed by atoms with Crippen LogP contribution in [0.2, 0.25) is 0 Å². The van der Waals surface area contributed by atoms with Crippen LogP contribution in [0.25, 0.3) is 0 Å². The average Bonchev–Trinajstić information content (AvgIpc) is 3.01. The standard InChI is InChI=1S/C18H26N2O2/c1-4-14-7-9-15(10-8-14)11-12-17(21)20-13-5-6-16(20)18(22)19(2)3/h7-10,16H,4-6,11-13H2,1-3H3. The van der Waals surface area contributed by atoms with E-state index in [1.165, 1.54) is 11.1 Å². The zero-order valence-corrected chi connectivity index (χ0v) is 13.8. The summed E-state index contributed by atoms with van der Waals surface area (Å²) in [4.78, 5) is 27.9. The first-order valence-electron chi connectivity index (χ1n) is 8.11. The maximum absolute atomic E-state index is 12.4. The predicted molar refractivity (Wildman–Crippen MR) is 87.6 cm³/mol. The molecule has 22 heavy (non-hydrogen) atoms. The van der Waals surface area contributed by atoms with Crippen molar-refractivity contribution in [1.29, 1.82) is 0 Å². The Kier molecular flexibility index (Phi) is 5.58. The lowest BCUT2D eigenvalue weighted by molar-refractivity contribution is -0.142. The Morgan fingerprint density at radius 1 is 1.18 bits per heavy atom. The number of carbonyl (C=O) groups excluding carboxylic acids is 2. The van der Waals surface area contributed by atoms with Gasteiger partial charge in [-0.25, -0.2) is 0 Å². The molecule has 4 nitrogen and oxygen atoms in total. The summed E-state index contributed by atoms with van der Waals surface area (Å²) >= 11 is 0. The molecule has 120 valence electrons. The number of rotatable bonds is 5. The van der Waals surface area contributed by atoms with Crippen molar-refractivity contribution in [2.75, 3.05) is 20.6 Å². The third-order valence-electron chi connectivity index (χ3n) is 4.36. The van der Waals surface area contributed by atoms with Crippen molar-refractivity contribution < 1.29 is 9.59 Å². The second-order valence-electron chi connectivity index (χ2n) is 6.15. The summed E-state index contributed by atoms with van der Waals surface area (Å²) in [5, 5.41) is 0. The number of carbonyl (C=O) groups is 2.